The first-order chi connectivity index (χ1) is 6.86. The molecule has 1 heteroatoms. The van der Waals surface area contributed by atoms with Crippen LogP contribution in [0.3, 0.4) is 0 Å². The van der Waals surface area contributed by atoms with Crippen molar-refractivity contribution in [2.24, 2.45) is 5.73 Å². The topological polar surface area (TPSA) is 26.0 Å². The fourth-order valence-electron chi connectivity index (χ4n) is 2.43. The van der Waals surface area contributed by atoms with Gasteiger partial charge in [0, 0.05) is 6.04 Å². The number of hydrogen-bond donors (Lipinski definition) is 1. The summed E-state index contributed by atoms with van der Waals surface area (Å²) >= 11 is 0. The van der Waals surface area contributed by atoms with Crippen LogP contribution in [0.5, 0.6) is 0 Å². The van der Waals surface area contributed by atoms with Gasteiger partial charge in [0.05, 0.1) is 0 Å². The van der Waals surface area contributed by atoms with Crippen molar-refractivity contribution in [2.45, 2.75) is 18.9 Å². The first-order valence-electron chi connectivity index (χ1n) is 5.12. The molecule has 0 saturated carbocycles. The Morgan fingerprint density at radius 2 is 1.93 bits per heavy atom. The molecule has 1 atom stereocenters. The monoisotopic (exact) mass is 183 g/mol. The van der Waals surface area contributed by atoms with Crippen LogP contribution in [-0.4, -0.2) is 0 Å². The van der Waals surface area contributed by atoms with Gasteiger partial charge in [0.15, 0.2) is 0 Å². The number of rotatable bonds is 0. The van der Waals surface area contributed by atoms with Gasteiger partial charge in [0.25, 0.3) is 0 Å². The van der Waals surface area contributed by atoms with Crippen LogP contribution in [0.1, 0.15) is 23.6 Å². The van der Waals surface area contributed by atoms with E-state index in [0.29, 0.717) is 0 Å². The largest absolute Gasteiger partial charge is 0.324 e. The number of fused-ring (bicyclic) bond motifs is 3. The molecule has 2 N–H and O–H groups in total. The lowest BCUT2D eigenvalue weighted by Crippen LogP contribution is -2.04. The van der Waals surface area contributed by atoms with Crippen LogP contribution in [-0.2, 0) is 6.42 Å². The van der Waals surface area contributed by atoms with Crippen LogP contribution in [0.4, 0.5) is 0 Å². The molecule has 0 saturated heterocycles. The van der Waals surface area contributed by atoms with Crippen LogP contribution in [0.2, 0.25) is 0 Å². The van der Waals surface area contributed by atoms with E-state index in [0.717, 1.165) is 12.8 Å². The highest BCUT2D eigenvalue weighted by atomic mass is 14.6. The van der Waals surface area contributed by atoms with E-state index in [1.54, 1.807) is 0 Å². The molecule has 3 rings (SSSR count). The smallest absolute Gasteiger partial charge is 0.0300 e. The molecule has 0 heterocycles. The summed E-state index contributed by atoms with van der Waals surface area (Å²) in [6, 6.07) is 13.2. The van der Waals surface area contributed by atoms with Gasteiger partial charge in [0.2, 0.25) is 0 Å². The number of nitrogens with two attached hydrogens (primary N) is 1. The van der Waals surface area contributed by atoms with Gasteiger partial charge >= 0.3 is 0 Å². The van der Waals surface area contributed by atoms with Gasteiger partial charge in [-0.2, -0.15) is 0 Å². The minimum atomic E-state index is 0.259. The maximum atomic E-state index is 6.04. The lowest BCUT2D eigenvalue weighted by atomic mass is 10.0. The van der Waals surface area contributed by atoms with Crippen molar-refractivity contribution in [3.8, 4) is 0 Å². The highest BCUT2D eigenvalue weighted by Crippen LogP contribution is 2.34. The maximum Gasteiger partial charge on any atom is 0.0300 e. The van der Waals surface area contributed by atoms with Crippen molar-refractivity contribution in [1.29, 1.82) is 0 Å². The zero-order valence-corrected chi connectivity index (χ0v) is 8.03. The van der Waals surface area contributed by atoms with Crippen LogP contribution in [0.15, 0.2) is 36.4 Å². The van der Waals surface area contributed by atoms with E-state index < -0.39 is 0 Å². The van der Waals surface area contributed by atoms with Gasteiger partial charge in [0.1, 0.15) is 0 Å². The van der Waals surface area contributed by atoms with Crippen LogP contribution < -0.4 is 5.73 Å². The minimum Gasteiger partial charge on any atom is -0.324 e. The molecule has 0 unspecified atom stereocenters. The van der Waals surface area contributed by atoms with Gasteiger partial charge in [-0.3, -0.25) is 0 Å². The molecule has 1 aliphatic rings. The summed E-state index contributed by atoms with van der Waals surface area (Å²) in [6.07, 6.45) is 2.24. The Morgan fingerprint density at radius 1 is 1.07 bits per heavy atom. The quantitative estimate of drug-likeness (QED) is 0.667. The van der Waals surface area contributed by atoms with Crippen LogP contribution >= 0.6 is 0 Å². The number of aryl methyl sites for hydroxylation is 1. The second-order valence-corrected chi connectivity index (χ2v) is 4.00. The van der Waals surface area contributed by atoms with Crippen LogP contribution in [0.25, 0.3) is 10.8 Å². The van der Waals surface area contributed by atoms with Crippen molar-refractivity contribution in [3.05, 3.63) is 47.5 Å². The first kappa shape index (κ1) is 8.01. The lowest BCUT2D eigenvalue weighted by Gasteiger charge is -2.07. The van der Waals surface area contributed by atoms with E-state index in [4.69, 9.17) is 5.73 Å². The summed E-state index contributed by atoms with van der Waals surface area (Å²) in [5.74, 6) is 0. The second-order valence-electron chi connectivity index (χ2n) is 4.00. The SMILES string of the molecule is N[C@@H]1CCc2c1ccc1ccccc21. The Morgan fingerprint density at radius 3 is 2.86 bits per heavy atom. The van der Waals surface area contributed by atoms with E-state index in [2.05, 4.69) is 36.4 Å². The Bertz CT molecular complexity index is 488. The van der Waals surface area contributed by atoms with Gasteiger partial charge in [-0.15, -0.1) is 0 Å². The molecule has 1 nitrogen and oxygen atoms in total. The number of benzene rings is 2. The van der Waals surface area contributed by atoms with Crippen molar-refractivity contribution < 1.29 is 0 Å². The zero-order chi connectivity index (χ0) is 9.54. The molecule has 2 aromatic rings. The Balaban J connectivity index is 2.38. The summed E-state index contributed by atoms with van der Waals surface area (Å²) in [6.45, 7) is 0. The van der Waals surface area contributed by atoms with Crippen molar-refractivity contribution in [2.75, 3.05) is 0 Å². The maximum absolute atomic E-state index is 6.04. The predicted molar refractivity (Wildman–Crippen MR) is 59.2 cm³/mol. The van der Waals surface area contributed by atoms with E-state index in [9.17, 15) is 0 Å². The average molecular weight is 183 g/mol. The summed E-state index contributed by atoms with van der Waals surface area (Å²) in [7, 11) is 0. The summed E-state index contributed by atoms with van der Waals surface area (Å²) in [4.78, 5) is 0. The van der Waals surface area contributed by atoms with Gasteiger partial charge in [-0.05, 0) is 34.7 Å². The molecule has 0 bridgehead atoms. The fraction of sp³-hybridized carbons (Fsp3) is 0.231. The normalized spacial score (nSPS) is 19.9. The number of hydrogen-bond acceptors (Lipinski definition) is 1. The molecule has 2 aromatic carbocycles. The Hall–Kier alpha value is -1.34. The third-order valence-corrected chi connectivity index (χ3v) is 3.18. The molecule has 0 amide bonds. The molecule has 0 fully saturated rings. The van der Waals surface area contributed by atoms with E-state index in [-0.39, 0.29) is 6.04 Å². The van der Waals surface area contributed by atoms with Gasteiger partial charge in [-0.25, -0.2) is 0 Å². The molecule has 0 spiro atoms. The predicted octanol–water partition coefficient (Wildman–Crippen LogP) is 2.79. The molecule has 0 aliphatic heterocycles. The van der Waals surface area contributed by atoms with E-state index in [1.807, 2.05) is 0 Å². The summed E-state index contributed by atoms with van der Waals surface area (Å²) < 4.78 is 0. The first-order valence-corrected chi connectivity index (χ1v) is 5.12. The minimum absolute atomic E-state index is 0.259. The standard InChI is InChI=1S/C13H13N/c14-13-8-7-11-10-4-2-1-3-9(10)5-6-12(11)13/h1-6,13H,7-8,14H2/t13-/m1/s1. The highest BCUT2D eigenvalue weighted by Gasteiger charge is 2.20. The summed E-state index contributed by atoms with van der Waals surface area (Å²) in [5.41, 5.74) is 8.86. The molecular formula is C13H13N. The zero-order valence-electron chi connectivity index (χ0n) is 8.03. The fourth-order valence-corrected chi connectivity index (χ4v) is 2.43. The van der Waals surface area contributed by atoms with Crippen molar-refractivity contribution >= 4 is 10.8 Å². The van der Waals surface area contributed by atoms with Gasteiger partial charge in [-0.1, -0.05) is 36.4 Å². The third-order valence-electron chi connectivity index (χ3n) is 3.18. The van der Waals surface area contributed by atoms with Gasteiger partial charge < -0.3 is 5.73 Å². The third kappa shape index (κ3) is 0.992. The lowest BCUT2D eigenvalue weighted by molar-refractivity contribution is 0.713. The van der Waals surface area contributed by atoms with E-state index >= 15 is 0 Å². The molecule has 14 heavy (non-hydrogen) atoms. The molecule has 0 aromatic heterocycles. The second kappa shape index (κ2) is 2.82. The summed E-state index contributed by atoms with van der Waals surface area (Å²) in [5, 5.41) is 2.72. The van der Waals surface area contributed by atoms with E-state index in [1.165, 1.54) is 21.9 Å². The van der Waals surface area contributed by atoms with Crippen LogP contribution in [0, 0.1) is 0 Å². The molecule has 1 aliphatic carbocycles. The average Bonchev–Trinajstić information content (AvgIpc) is 2.61. The molecule has 0 radical (unpaired) electrons. The molecule has 70 valence electrons. The Kier molecular flexibility index (Phi) is 1.62. The van der Waals surface area contributed by atoms with Crippen molar-refractivity contribution in [3.63, 3.8) is 0 Å². The van der Waals surface area contributed by atoms with Crippen molar-refractivity contribution in [1.82, 2.24) is 0 Å². The Labute approximate surface area is 83.5 Å². The molecular weight excluding hydrogens is 170 g/mol. The highest BCUT2D eigenvalue weighted by molar-refractivity contribution is 5.87.